The Kier molecular flexibility index (Phi) is 4.47. The van der Waals surface area contributed by atoms with Crippen LogP contribution in [0.2, 0.25) is 0 Å². The molecule has 2 rings (SSSR count). The van der Waals surface area contributed by atoms with Crippen molar-refractivity contribution < 1.29 is 18.3 Å². The van der Waals surface area contributed by atoms with E-state index in [0.29, 0.717) is 18.0 Å². The normalized spacial score (nSPS) is 16.2. The highest BCUT2D eigenvalue weighted by Crippen LogP contribution is 2.21. The summed E-state index contributed by atoms with van der Waals surface area (Å²) >= 11 is 0. The fourth-order valence-electron chi connectivity index (χ4n) is 2.01. The number of carbonyl (C=O) groups is 1. The molecular formula is C14H17F2NO2. The summed E-state index contributed by atoms with van der Waals surface area (Å²) in [5.74, 6) is -2.02. The van der Waals surface area contributed by atoms with Gasteiger partial charge in [-0.25, -0.2) is 8.78 Å². The highest BCUT2D eigenvalue weighted by atomic mass is 19.2. The van der Waals surface area contributed by atoms with E-state index in [9.17, 15) is 13.6 Å². The maximum Gasteiger partial charge on any atom is 0.307 e. The van der Waals surface area contributed by atoms with Crippen LogP contribution in [0.15, 0.2) is 18.2 Å². The van der Waals surface area contributed by atoms with Crippen LogP contribution in [0.25, 0.3) is 0 Å². The van der Waals surface area contributed by atoms with Gasteiger partial charge in [-0.1, -0.05) is 6.07 Å². The van der Waals surface area contributed by atoms with E-state index in [1.54, 1.807) is 0 Å². The van der Waals surface area contributed by atoms with Crippen LogP contribution >= 0.6 is 0 Å². The number of ether oxygens (including phenoxy) is 1. The summed E-state index contributed by atoms with van der Waals surface area (Å²) in [4.78, 5) is 11.3. The molecule has 0 saturated heterocycles. The highest BCUT2D eigenvalue weighted by Gasteiger charge is 2.26. The van der Waals surface area contributed by atoms with Crippen molar-refractivity contribution in [3.8, 4) is 0 Å². The molecule has 104 valence electrons. The summed E-state index contributed by atoms with van der Waals surface area (Å²) in [6.07, 6.45) is 2.89. The molecule has 0 aromatic heterocycles. The van der Waals surface area contributed by atoms with Gasteiger partial charge in [-0.2, -0.15) is 0 Å². The van der Waals surface area contributed by atoms with Crippen LogP contribution in [-0.2, 0) is 16.0 Å². The second-order valence-corrected chi connectivity index (χ2v) is 4.87. The fraction of sp³-hybridized carbons (Fsp3) is 0.500. The van der Waals surface area contributed by atoms with Gasteiger partial charge in [0.15, 0.2) is 11.6 Å². The first-order chi connectivity index (χ1) is 9.08. The SMILES string of the molecule is COC(=O)CC(Cc1ccc(F)c(F)c1)NC1CC1. The molecule has 0 amide bonds. The van der Waals surface area contributed by atoms with Crippen molar-refractivity contribution >= 4 is 5.97 Å². The molecule has 1 aliphatic rings. The number of hydrogen-bond donors (Lipinski definition) is 1. The number of carbonyl (C=O) groups excluding carboxylic acids is 1. The molecule has 0 radical (unpaired) electrons. The molecule has 0 spiro atoms. The van der Waals surface area contributed by atoms with Crippen LogP contribution in [0.3, 0.4) is 0 Å². The topological polar surface area (TPSA) is 38.3 Å². The van der Waals surface area contributed by atoms with E-state index in [4.69, 9.17) is 0 Å². The zero-order valence-corrected chi connectivity index (χ0v) is 10.8. The van der Waals surface area contributed by atoms with Crippen molar-refractivity contribution in [1.82, 2.24) is 5.32 Å². The second-order valence-electron chi connectivity index (χ2n) is 4.87. The van der Waals surface area contributed by atoms with E-state index >= 15 is 0 Å². The molecule has 5 heteroatoms. The van der Waals surface area contributed by atoms with Crippen LogP contribution in [-0.4, -0.2) is 25.2 Å². The zero-order valence-electron chi connectivity index (χ0n) is 10.8. The number of hydrogen-bond acceptors (Lipinski definition) is 3. The summed E-state index contributed by atoms with van der Waals surface area (Å²) in [6, 6.07) is 4.15. The average molecular weight is 269 g/mol. The molecule has 1 aliphatic carbocycles. The first-order valence-electron chi connectivity index (χ1n) is 6.35. The Morgan fingerprint density at radius 1 is 1.42 bits per heavy atom. The van der Waals surface area contributed by atoms with Gasteiger partial charge in [-0.3, -0.25) is 4.79 Å². The van der Waals surface area contributed by atoms with Gasteiger partial charge in [-0.15, -0.1) is 0 Å². The molecular weight excluding hydrogens is 252 g/mol. The third-order valence-corrected chi connectivity index (χ3v) is 3.16. The minimum Gasteiger partial charge on any atom is -0.469 e. The number of esters is 1. The molecule has 19 heavy (non-hydrogen) atoms. The predicted octanol–water partition coefficient (Wildman–Crippen LogP) is 2.19. The quantitative estimate of drug-likeness (QED) is 0.805. The fourth-order valence-corrected chi connectivity index (χ4v) is 2.01. The second kappa shape index (κ2) is 6.10. The molecule has 1 N–H and O–H groups in total. The third kappa shape index (κ3) is 4.28. The van der Waals surface area contributed by atoms with Crippen LogP contribution in [0.4, 0.5) is 8.78 Å². The van der Waals surface area contributed by atoms with Gasteiger partial charge in [0.05, 0.1) is 13.5 Å². The van der Waals surface area contributed by atoms with Gasteiger partial charge in [0.25, 0.3) is 0 Å². The van der Waals surface area contributed by atoms with Gasteiger partial charge in [-0.05, 0) is 37.0 Å². The molecule has 1 fully saturated rings. The van der Waals surface area contributed by atoms with Crippen LogP contribution in [0, 0.1) is 11.6 Å². The Hall–Kier alpha value is -1.49. The maximum atomic E-state index is 13.1. The molecule has 1 aromatic carbocycles. The molecule has 1 saturated carbocycles. The van der Waals surface area contributed by atoms with Crippen molar-refractivity contribution in [2.24, 2.45) is 0 Å². The van der Waals surface area contributed by atoms with Crippen molar-refractivity contribution in [3.05, 3.63) is 35.4 Å². The lowest BCUT2D eigenvalue weighted by Gasteiger charge is -2.17. The minimum atomic E-state index is -0.860. The standard InChI is InChI=1S/C14H17F2NO2/c1-19-14(18)8-11(17-10-3-4-10)6-9-2-5-12(15)13(16)7-9/h2,5,7,10-11,17H,3-4,6,8H2,1H3. The van der Waals surface area contributed by atoms with Gasteiger partial charge in [0, 0.05) is 12.1 Å². The van der Waals surface area contributed by atoms with Crippen LogP contribution < -0.4 is 5.32 Å². The summed E-state index contributed by atoms with van der Waals surface area (Å²) in [5.41, 5.74) is 0.668. The average Bonchev–Trinajstić information content (AvgIpc) is 3.17. The third-order valence-electron chi connectivity index (χ3n) is 3.16. The van der Waals surface area contributed by atoms with E-state index in [0.717, 1.165) is 18.9 Å². The lowest BCUT2D eigenvalue weighted by Crippen LogP contribution is -2.35. The smallest absolute Gasteiger partial charge is 0.307 e. The first kappa shape index (κ1) is 13.9. The largest absolute Gasteiger partial charge is 0.469 e. The van der Waals surface area contributed by atoms with E-state index < -0.39 is 11.6 Å². The number of nitrogens with one attached hydrogen (secondary N) is 1. The lowest BCUT2D eigenvalue weighted by atomic mass is 10.0. The van der Waals surface area contributed by atoms with Crippen molar-refractivity contribution in [1.29, 1.82) is 0 Å². The Morgan fingerprint density at radius 3 is 2.74 bits per heavy atom. The van der Waals surface area contributed by atoms with Gasteiger partial charge >= 0.3 is 5.97 Å². The highest BCUT2D eigenvalue weighted by molar-refractivity contribution is 5.70. The first-order valence-corrected chi connectivity index (χ1v) is 6.35. The number of rotatable bonds is 6. The van der Waals surface area contributed by atoms with E-state index in [-0.39, 0.29) is 18.4 Å². The van der Waals surface area contributed by atoms with Gasteiger partial charge in [0.1, 0.15) is 0 Å². The van der Waals surface area contributed by atoms with Crippen molar-refractivity contribution in [2.45, 2.75) is 37.8 Å². The monoisotopic (exact) mass is 269 g/mol. The van der Waals surface area contributed by atoms with Gasteiger partial charge in [0.2, 0.25) is 0 Å². The Balaban J connectivity index is 2.00. The number of halogens is 2. The van der Waals surface area contributed by atoms with Crippen LogP contribution in [0.5, 0.6) is 0 Å². The van der Waals surface area contributed by atoms with Crippen LogP contribution in [0.1, 0.15) is 24.8 Å². The Bertz CT molecular complexity index is 461. The van der Waals surface area contributed by atoms with Crippen molar-refractivity contribution in [3.63, 3.8) is 0 Å². The van der Waals surface area contributed by atoms with E-state index in [1.807, 2.05) is 0 Å². The van der Waals surface area contributed by atoms with E-state index in [1.165, 1.54) is 19.2 Å². The minimum absolute atomic E-state index is 0.107. The number of benzene rings is 1. The predicted molar refractivity (Wildman–Crippen MR) is 66.6 cm³/mol. The zero-order chi connectivity index (χ0) is 13.8. The van der Waals surface area contributed by atoms with Gasteiger partial charge < -0.3 is 10.1 Å². The Morgan fingerprint density at radius 2 is 2.16 bits per heavy atom. The summed E-state index contributed by atoms with van der Waals surface area (Å²) in [6.45, 7) is 0. The van der Waals surface area contributed by atoms with Crippen molar-refractivity contribution in [2.75, 3.05) is 7.11 Å². The molecule has 3 nitrogen and oxygen atoms in total. The summed E-state index contributed by atoms with van der Waals surface area (Å²) in [7, 11) is 1.34. The molecule has 0 bridgehead atoms. The maximum absolute atomic E-state index is 13.1. The van der Waals surface area contributed by atoms with E-state index in [2.05, 4.69) is 10.1 Å². The molecule has 0 aliphatic heterocycles. The molecule has 1 atom stereocenters. The molecule has 1 unspecified atom stereocenters. The summed E-state index contributed by atoms with van der Waals surface area (Å²) in [5, 5.41) is 3.32. The molecule has 0 heterocycles. The Labute approximate surface area is 111 Å². The lowest BCUT2D eigenvalue weighted by molar-refractivity contribution is -0.141. The number of methoxy groups -OCH3 is 1. The molecule has 1 aromatic rings. The summed E-state index contributed by atoms with van der Waals surface area (Å²) < 4.78 is 30.7.